The SMILES string of the molecule is CN(c1ncc(-c2ccc(-n3ccnc3)cc2O)nn1)C1CC(C)(C)NC(C)(C)C1.Cl.Cl. The van der Waals surface area contributed by atoms with E-state index in [0.29, 0.717) is 23.2 Å². The second-order valence-corrected chi connectivity index (χ2v) is 9.38. The van der Waals surface area contributed by atoms with E-state index in [1.807, 2.05) is 29.9 Å². The molecule has 0 atom stereocenters. The van der Waals surface area contributed by atoms with Gasteiger partial charge in [-0.3, -0.25) is 0 Å². The van der Waals surface area contributed by atoms with Crippen LogP contribution < -0.4 is 10.2 Å². The fourth-order valence-electron chi connectivity index (χ4n) is 4.57. The van der Waals surface area contributed by atoms with Gasteiger partial charge in [-0.2, -0.15) is 0 Å². The number of rotatable bonds is 4. The molecule has 0 unspecified atom stereocenters. The van der Waals surface area contributed by atoms with E-state index in [9.17, 15) is 5.11 Å². The molecule has 0 saturated carbocycles. The van der Waals surface area contributed by atoms with Gasteiger partial charge in [0.15, 0.2) is 0 Å². The first-order chi connectivity index (χ1) is 14.1. The minimum absolute atomic E-state index is 0. The van der Waals surface area contributed by atoms with Crippen molar-refractivity contribution in [3.05, 3.63) is 43.1 Å². The molecule has 2 N–H and O–H groups in total. The fraction of sp³-hybridized carbons (Fsp3) is 0.455. The van der Waals surface area contributed by atoms with E-state index in [-0.39, 0.29) is 41.6 Å². The molecule has 1 aliphatic rings. The van der Waals surface area contributed by atoms with Crippen molar-refractivity contribution in [2.75, 3.05) is 11.9 Å². The van der Waals surface area contributed by atoms with Crippen molar-refractivity contribution >= 4 is 30.8 Å². The normalized spacial score (nSPS) is 17.2. The maximum atomic E-state index is 10.5. The molecule has 3 aromatic rings. The highest BCUT2D eigenvalue weighted by molar-refractivity contribution is 5.85. The number of imidazole rings is 1. The largest absolute Gasteiger partial charge is 0.507 e. The Bertz CT molecular complexity index is 1010. The molecule has 32 heavy (non-hydrogen) atoms. The van der Waals surface area contributed by atoms with Crippen LogP contribution in [0.3, 0.4) is 0 Å². The van der Waals surface area contributed by atoms with Gasteiger partial charge in [-0.25, -0.2) is 9.97 Å². The van der Waals surface area contributed by atoms with Crippen molar-refractivity contribution in [1.82, 2.24) is 30.0 Å². The third-order valence-corrected chi connectivity index (χ3v) is 5.64. The van der Waals surface area contributed by atoms with Gasteiger partial charge in [0.2, 0.25) is 5.95 Å². The van der Waals surface area contributed by atoms with Crippen LogP contribution in [-0.2, 0) is 0 Å². The van der Waals surface area contributed by atoms with Gasteiger partial charge < -0.3 is 19.9 Å². The monoisotopic (exact) mass is 479 g/mol. The number of aromatic hydroxyl groups is 1. The van der Waals surface area contributed by atoms with E-state index in [1.165, 1.54) is 0 Å². The van der Waals surface area contributed by atoms with Gasteiger partial charge in [-0.15, -0.1) is 35.0 Å². The van der Waals surface area contributed by atoms with Gasteiger partial charge in [0.1, 0.15) is 11.4 Å². The van der Waals surface area contributed by atoms with Gasteiger partial charge in [0.05, 0.1) is 18.2 Å². The Morgan fingerprint density at radius 3 is 2.31 bits per heavy atom. The zero-order chi connectivity index (χ0) is 21.5. The molecule has 8 nitrogen and oxygen atoms in total. The quantitative estimate of drug-likeness (QED) is 0.583. The summed E-state index contributed by atoms with van der Waals surface area (Å²) in [4.78, 5) is 10.7. The van der Waals surface area contributed by atoms with E-state index in [1.54, 1.807) is 24.8 Å². The van der Waals surface area contributed by atoms with Crippen LogP contribution in [0.25, 0.3) is 16.9 Å². The van der Waals surface area contributed by atoms with Crippen LogP contribution in [0.4, 0.5) is 5.95 Å². The molecular formula is C22H31Cl2N7O. The predicted octanol–water partition coefficient (Wildman–Crippen LogP) is 4.02. The Labute approximate surface area is 201 Å². The van der Waals surface area contributed by atoms with E-state index in [0.717, 1.165) is 18.5 Å². The zero-order valence-corrected chi connectivity index (χ0v) is 20.6. The standard InChI is InChI=1S/C22H29N7O.2ClH/c1-21(2)11-16(12-22(3,4)27-21)28(5)20-24-13-18(25-26-20)17-7-6-15(10-19(17)30)29-9-8-23-14-29;;/h6-10,13-14,16,27,30H,11-12H2,1-5H3;2*1H. The van der Waals surface area contributed by atoms with Gasteiger partial charge in [0, 0.05) is 48.2 Å². The smallest absolute Gasteiger partial charge is 0.245 e. The second kappa shape index (κ2) is 9.60. The van der Waals surface area contributed by atoms with Crippen LogP contribution >= 0.6 is 24.8 Å². The first-order valence-electron chi connectivity index (χ1n) is 10.2. The Balaban J connectivity index is 0.00000181. The number of nitrogens with one attached hydrogen (secondary N) is 1. The van der Waals surface area contributed by atoms with Crippen molar-refractivity contribution in [3.8, 4) is 22.7 Å². The molecular weight excluding hydrogens is 449 g/mol. The third-order valence-electron chi connectivity index (χ3n) is 5.64. The van der Waals surface area contributed by atoms with Gasteiger partial charge in [-0.1, -0.05) is 0 Å². The number of piperidine rings is 1. The maximum absolute atomic E-state index is 10.5. The lowest BCUT2D eigenvalue weighted by atomic mass is 9.79. The Hall–Kier alpha value is -2.42. The van der Waals surface area contributed by atoms with Crippen LogP contribution in [0, 0.1) is 0 Å². The molecule has 0 spiro atoms. The molecule has 0 radical (unpaired) electrons. The molecule has 1 fully saturated rings. The van der Waals surface area contributed by atoms with Crippen molar-refractivity contribution < 1.29 is 5.11 Å². The van der Waals surface area contributed by atoms with Gasteiger partial charge >= 0.3 is 0 Å². The molecule has 0 amide bonds. The lowest BCUT2D eigenvalue weighted by Gasteiger charge is -2.48. The zero-order valence-electron chi connectivity index (χ0n) is 19.0. The van der Waals surface area contributed by atoms with Gasteiger partial charge in [0.25, 0.3) is 0 Å². The summed E-state index contributed by atoms with van der Waals surface area (Å²) in [7, 11) is 2.02. The van der Waals surface area contributed by atoms with Crippen LogP contribution in [0.15, 0.2) is 43.1 Å². The highest BCUT2D eigenvalue weighted by atomic mass is 35.5. The number of hydrogen-bond donors (Lipinski definition) is 2. The van der Waals surface area contributed by atoms with E-state index >= 15 is 0 Å². The summed E-state index contributed by atoms with van der Waals surface area (Å²) < 4.78 is 1.83. The maximum Gasteiger partial charge on any atom is 0.245 e. The number of anilines is 1. The lowest BCUT2D eigenvalue weighted by molar-refractivity contribution is 0.160. The highest BCUT2D eigenvalue weighted by Crippen LogP contribution is 2.33. The first-order valence-corrected chi connectivity index (χ1v) is 10.2. The third kappa shape index (κ3) is 5.49. The van der Waals surface area contributed by atoms with Crippen LogP contribution in [0.1, 0.15) is 40.5 Å². The van der Waals surface area contributed by atoms with E-state index in [2.05, 4.69) is 58.1 Å². The molecule has 0 aliphatic carbocycles. The Kier molecular flexibility index (Phi) is 7.75. The molecule has 1 aliphatic heterocycles. The predicted molar refractivity (Wildman–Crippen MR) is 131 cm³/mol. The first kappa shape index (κ1) is 25.8. The van der Waals surface area contributed by atoms with Gasteiger partial charge in [-0.05, 0) is 52.7 Å². The second-order valence-electron chi connectivity index (χ2n) is 9.38. The lowest BCUT2D eigenvalue weighted by Crippen LogP contribution is -2.62. The Morgan fingerprint density at radius 2 is 1.78 bits per heavy atom. The average Bonchev–Trinajstić information content (AvgIpc) is 3.20. The summed E-state index contributed by atoms with van der Waals surface area (Å²) in [6, 6.07) is 5.71. The van der Waals surface area contributed by atoms with Crippen LogP contribution in [-0.4, -0.2) is 54.0 Å². The van der Waals surface area contributed by atoms with Crippen LogP contribution in [0.5, 0.6) is 5.75 Å². The van der Waals surface area contributed by atoms with E-state index in [4.69, 9.17) is 0 Å². The molecule has 0 bridgehead atoms. The number of phenols is 1. The molecule has 10 heteroatoms. The fourth-order valence-corrected chi connectivity index (χ4v) is 4.57. The minimum Gasteiger partial charge on any atom is -0.507 e. The molecule has 1 saturated heterocycles. The van der Waals surface area contributed by atoms with Crippen molar-refractivity contribution in [2.45, 2.75) is 57.7 Å². The topological polar surface area (TPSA) is 92.0 Å². The van der Waals surface area contributed by atoms with Crippen molar-refractivity contribution in [3.63, 3.8) is 0 Å². The van der Waals surface area contributed by atoms with Crippen molar-refractivity contribution in [1.29, 1.82) is 0 Å². The average molecular weight is 480 g/mol. The summed E-state index contributed by atoms with van der Waals surface area (Å²) in [6.45, 7) is 8.92. The number of benzene rings is 1. The number of aromatic nitrogens is 5. The van der Waals surface area contributed by atoms with Crippen LogP contribution in [0.2, 0.25) is 0 Å². The summed E-state index contributed by atoms with van der Waals surface area (Å²) in [5, 5.41) is 22.9. The van der Waals surface area contributed by atoms with Crippen molar-refractivity contribution in [2.24, 2.45) is 0 Å². The summed E-state index contributed by atoms with van der Waals surface area (Å²) in [5.41, 5.74) is 2.03. The molecule has 3 heterocycles. The minimum atomic E-state index is 0. The molecule has 2 aromatic heterocycles. The molecule has 174 valence electrons. The summed E-state index contributed by atoms with van der Waals surface area (Å²) >= 11 is 0. The number of halogens is 2. The highest BCUT2D eigenvalue weighted by Gasteiger charge is 2.39. The number of hydrogen-bond acceptors (Lipinski definition) is 7. The number of phenolic OH excluding ortho intramolecular Hbond substituents is 1. The van der Waals surface area contributed by atoms with E-state index < -0.39 is 0 Å². The summed E-state index contributed by atoms with van der Waals surface area (Å²) in [5.74, 6) is 0.715. The molecule has 1 aromatic carbocycles. The summed E-state index contributed by atoms with van der Waals surface area (Å²) in [6.07, 6.45) is 8.86. The Morgan fingerprint density at radius 1 is 1.09 bits per heavy atom. The number of nitrogens with zero attached hydrogens (tertiary/aromatic N) is 6. The molecule has 4 rings (SSSR count).